The van der Waals surface area contributed by atoms with Gasteiger partial charge in [0.1, 0.15) is 0 Å². The van der Waals surface area contributed by atoms with Gasteiger partial charge in [-0.3, -0.25) is 4.90 Å². The molecular weight excluding hydrogens is 530 g/mol. The molecule has 1 aliphatic heterocycles. The van der Waals surface area contributed by atoms with Crippen molar-refractivity contribution in [2.45, 2.75) is 58.6 Å². The molecule has 1 N–H and O–H groups in total. The average Bonchev–Trinajstić information content (AvgIpc) is 3.32. The first-order chi connectivity index (χ1) is 18.3. The summed E-state index contributed by atoms with van der Waals surface area (Å²) in [6.45, 7) is 5.49. The molecule has 2 aromatic carbocycles. The Bertz CT molecular complexity index is 1290. The van der Waals surface area contributed by atoms with Crippen LogP contribution in [0.5, 0.6) is 0 Å². The number of anilines is 2. The Balaban J connectivity index is 1.85. The van der Waals surface area contributed by atoms with E-state index in [4.69, 9.17) is 4.74 Å². The molecule has 0 fully saturated rings. The molecule has 0 saturated heterocycles. The van der Waals surface area contributed by atoms with Crippen molar-refractivity contribution in [1.82, 2.24) is 20.6 Å². The van der Waals surface area contributed by atoms with E-state index in [2.05, 4.69) is 20.6 Å². The summed E-state index contributed by atoms with van der Waals surface area (Å²) in [7, 11) is 0. The number of H-pyrrole nitrogens is 1. The average molecular weight is 557 g/mol. The van der Waals surface area contributed by atoms with Gasteiger partial charge in [-0.1, -0.05) is 11.2 Å². The third kappa shape index (κ3) is 6.09. The molecule has 8 nitrogen and oxygen atoms in total. The first-order valence-corrected chi connectivity index (χ1v) is 12.1. The van der Waals surface area contributed by atoms with Gasteiger partial charge in [0.2, 0.25) is 0 Å². The molecule has 210 valence electrons. The van der Waals surface area contributed by atoms with E-state index < -0.39 is 35.6 Å². The van der Waals surface area contributed by atoms with Crippen LogP contribution in [0.15, 0.2) is 30.3 Å². The number of aryl methyl sites for hydroxylation is 2. The monoisotopic (exact) mass is 556 g/mol. The third-order valence-electron chi connectivity index (χ3n) is 6.61. The van der Waals surface area contributed by atoms with Crippen LogP contribution in [0.2, 0.25) is 0 Å². The number of amides is 1. The Labute approximate surface area is 219 Å². The zero-order chi connectivity index (χ0) is 28.5. The smallest absolute Gasteiger partial charge is 0.416 e. The summed E-state index contributed by atoms with van der Waals surface area (Å²) in [5.41, 5.74) is -0.121. The molecule has 1 amide bonds. The summed E-state index contributed by atoms with van der Waals surface area (Å²) in [6.07, 6.45) is -9.68. The zero-order valence-electron chi connectivity index (χ0n) is 21.3. The number of tetrazole rings is 1. The van der Waals surface area contributed by atoms with Crippen LogP contribution in [-0.4, -0.2) is 39.9 Å². The number of nitrogens with zero attached hydrogens (tertiary/aromatic N) is 5. The highest BCUT2D eigenvalue weighted by Crippen LogP contribution is 2.42. The summed E-state index contributed by atoms with van der Waals surface area (Å²) in [6, 6.07) is 4.52. The van der Waals surface area contributed by atoms with Crippen molar-refractivity contribution in [3.8, 4) is 0 Å². The molecule has 0 radical (unpaired) electrons. The summed E-state index contributed by atoms with van der Waals surface area (Å²) in [5.74, 6) is -0.0141. The highest BCUT2D eigenvalue weighted by molar-refractivity contribution is 5.89. The van der Waals surface area contributed by atoms with E-state index in [1.807, 2.05) is 26.0 Å². The van der Waals surface area contributed by atoms with Crippen LogP contribution < -0.4 is 9.80 Å². The number of aromatic amines is 1. The van der Waals surface area contributed by atoms with Crippen LogP contribution in [0.4, 0.5) is 42.8 Å². The van der Waals surface area contributed by atoms with E-state index in [0.29, 0.717) is 42.8 Å². The molecule has 1 atom stereocenters. The van der Waals surface area contributed by atoms with E-state index in [0.717, 1.165) is 11.1 Å². The molecule has 4 rings (SSSR count). The highest BCUT2D eigenvalue weighted by atomic mass is 19.4. The van der Waals surface area contributed by atoms with Gasteiger partial charge in [0.15, 0.2) is 0 Å². The number of nitrogens with one attached hydrogen (secondary N) is 1. The Hall–Kier alpha value is -3.84. The highest BCUT2D eigenvalue weighted by Gasteiger charge is 2.38. The van der Waals surface area contributed by atoms with E-state index in [-0.39, 0.29) is 30.7 Å². The fraction of sp³-hybridized carbons (Fsp3) is 0.440. The first-order valence-electron chi connectivity index (χ1n) is 12.1. The van der Waals surface area contributed by atoms with Gasteiger partial charge < -0.3 is 9.64 Å². The molecule has 2 heterocycles. The summed E-state index contributed by atoms with van der Waals surface area (Å²) >= 11 is 0. The predicted molar refractivity (Wildman–Crippen MR) is 129 cm³/mol. The fourth-order valence-electron chi connectivity index (χ4n) is 4.66. The summed E-state index contributed by atoms with van der Waals surface area (Å²) in [5, 5.41) is 13.8. The molecular formula is C25H26F6N6O2. The van der Waals surface area contributed by atoms with Gasteiger partial charge >= 0.3 is 18.4 Å². The minimum absolute atomic E-state index is 0.0141. The second kappa shape index (κ2) is 10.7. The Morgan fingerprint density at radius 3 is 2.26 bits per heavy atom. The number of carbonyl (C=O) groups excluding carboxylic acids is 1. The molecule has 0 bridgehead atoms. The molecule has 1 aliphatic rings. The number of aromatic nitrogens is 4. The zero-order valence-corrected chi connectivity index (χ0v) is 21.3. The summed E-state index contributed by atoms with van der Waals surface area (Å²) in [4.78, 5) is 15.8. The van der Waals surface area contributed by atoms with Gasteiger partial charge in [-0.05, 0) is 85.3 Å². The number of carbonyl (C=O) groups is 1. The maximum absolute atomic E-state index is 13.5. The second-order valence-electron chi connectivity index (χ2n) is 9.26. The normalized spacial score (nSPS) is 16.0. The van der Waals surface area contributed by atoms with Gasteiger partial charge in [0.25, 0.3) is 5.95 Å². The molecule has 14 heteroatoms. The topological polar surface area (TPSA) is 87.2 Å². The van der Waals surface area contributed by atoms with Crippen molar-refractivity contribution in [1.29, 1.82) is 0 Å². The molecule has 39 heavy (non-hydrogen) atoms. The van der Waals surface area contributed by atoms with Gasteiger partial charge in [-0.15, -0.1) is 5.10 Å². The predicted octanol–water partition coefficient (Wildman–Crippen LogP) is 6.36. The van der Waals surface area contributed by atoms with Gasteiger partial charge in [-0.25, -0.2) is 4.79 Å². The van der Waals surface area contributed by atoms with Crippen LogP contribution in [-0.2, 0) is 23.6 Å². The van der Waals surface area contributed by atoms with E-state index in [1.165, 1.54) is 9.80 Å². The molecule has 1 aromatic heterocycles. The number of rotatable bonds is 5. The number of benzene rings is 2. The van der Waals surface area contributed by atoms with Crippen LogP contribution in [0.1, 0.15) is 59.2 Å². The van der Waals surface area contributed by atoms with Crippen molar-refractivity contribution >= 4 is 17.7 Å². The lowest BCUT2D eigenvalue weighted by Gasteiger charge is -2.32. The lowest BCUT2D eigenvalue weighted by Crippen LogP contribution is -2.33. The number of hydrogen-bond donors (Lipinski definition) is 1. The molecule has 1 unspecified atom stereocenters. The van der Waals surface area contributed by atoms with Crippen molar-refractivity contribution in [2.75, 3.05) is 23.0 Å². The SMILES string of the molecule is CCOC(=O)N1CCCC(N(Cc2cc(C(F)(F)F)cc(C(F)(F)F)c2)c2nn[nH]n2)c2cc(C)c(C)cc21. The minimum atomic E-state index is -4.99. The van der Waals surface area contributed by atoms with Crippen molar-refractivity contribution in [3.05, 3.63) is 63.7 Å². The summed E-state index contributed by atoms with van der Waals surface area (Å²) < 4.78 is 86.5. The number of halogens is 6. The van der Waals surface area contributed by atoms with Crippen LogP contribution >= 0.6 is 0 Å². The van der Waals surface area contributed by atoms with Crippen molar-refractivity contribution in [2.24, 2.45) is 0 Å². The second-order valence-corrected chi connectivity index (χ2v) is 9.26. The maximum Gasteiger partial charge on any atom is 0.416 e. The number of hydrogen-bond acceptors (Lipinski definition) is 6. The van der Waals surface area contributed by atoms with Gasteiger partial charge in [0.05, 0.1) is 29.5 Å². The van der Waals surface area contributed by atoms with Gasteiger partial charge in [0, 0.05) is 13.1 Å². The van der Waals surface area contributed by atoms with Crippen LogP contribution in [0.25, 0.3) is 0 Å². The molecule has 0 aliphatic carbocycles. The van der Waals surface area contributed by atoms with Crippen LogP contribution in [0.3, 0.4) is 0 Å². The van der Waals surface area contributed by atoms with Crippen molar-refractivity contribution < 1.29 is 35.9 Å². The quantitative estimate of drug-likeness (QED) is 0.368. The number of ether oxygens (including phenoxy) is 1. The lowest BCUT2D eigenvalue weighted by molar-refractivity contribution is -0.143. The van der Waals surface area contributed by atoms with E-state index in [9.17, 15) is 31.1 Å². The lowest BCUT2D eigenvalue weighted by atomic mass is 9.95. The fourth-order valence-corrected chi connectivity index (χ4v) is 4.66. The first kappa shape index (κ1) is 28.2. The van der Waals surface area contributed by atoms with Gasteiger partial charge in [-0.2, -0.15) is 31.6 Å². The minimum Gasteiger partial charge on any atom is -0.449 e. The molecule has 0 saturated carbocycles. The van der Waals surface area contributed by atoms with Crippen molar-refractivity contribution in [3.63, 3.8) is 0 Å². The van der Waals surface area contributed by atoms with Crippen LogP contribution in [0, 0.1) is 13.8 Å². The number of fused-ring (bicyclic) bond motifs is 1. The maximum atomic E-state index is 13.5. The van der Waals surface area contributed by atoms with E-state index >= 15 is 0 Å². The Morgan fingerprint density at radius 1 is 1.05 bits per heavy atom. The third-order valence-corrected chi connectivity index (χ3v) is 6.61. The number of alkyl halides is 6. The standard InChI is InChI=1S/C25H26F6N6O2/c1-4-39-23(38)36-7-5-6-20(19-8-14(2)15(3)9-21(19)36)37(22-32-34-35-33-22)13-16-10-17(24(26,27)28)12-18(11-16)25(29,30)31/h8-12,20H,4-7,13H2,1-3H3,(H,32,33,34,35). The molecule has 0 spiro atoms. The van der Waals surface area contributed by atoms with E-state index in [1.54, 1.807) is 6.92 Å². The molecule has 3 aromatic rings. The largest absolute Gasteiger partial charge is 0.449 e. The Kier molecular flexibility index (Phi) is 7.75. The Morgan fingerprint density at radius 2 is 1.69 bits per heavy atom.